The summed E-state index contributed by atoms with van der Waals surface area (Å²) in [7, 11) is 1.79. The van der Waals surface area contributed by atoms with Crippen molar-refractivity contribution >= 4 is 29.3 Å². The van der Waals surface area contributed by atoms with E-state index < -0.39 is 5.97 Å². The summed E-state index contributed by atoms with van der Waals surface area (Å²) >= 11 is 1.47. The van der Waals surface area contributed by atoms with Crippen LogP contribution in [0, 0.1) is 5.92 Å². The third-order valence-corrected chi connectivity index (χ3v) is 3.84. The molecule has 104 valence electrons. The van der Waals surface area contributed by atoms with E-state index in [0.717, 1.165) is 22.9 Å². The Bertz CT molecular complexity index is 479. The van der Waals surface area contributed by atoms with Gasteiger partial charge in [0.25, 0.3) is 0 Å². The molecule has 19 heavy (non-hydrogen) atoms. The second-order valence-corrected chi connectivity index (χ2v) is 5.48. The maximum Gasteiger partial charge on any atom is 0.328 e. The molecule has 5 heteroatoms. The summed E-state index contributed by atoms with van der Waals surface area (Å²) in [5.74, 6) is -0.787. The number of thiophene rings is 1. The zero-order chi connectivity index (χ0) is 14.4. The summed E-state index contributed by atoms with van der Waals surface area (Å²) in [5, 5.41) is 10.5. The van der Waals surface area contributed by atoms with E-state index in [1.165, 1.54) is 11.3 Å². The molecule has 0 saturated carbocycles. The molecule has 1 amide bonds. The molecule has 0 aromatic carbocycles. The van der Waals surface area contributed by atoms with E-state index in [9.17, 15) is 9.59 Å². The molecule has 0 radical (unpaired) electrons. The van der Waals surface area contributed by atoms with Crippen LogP contribution < -0.4 is 0 Å². The fourth-order valence-electron chi connectivity index (χ4n) is 1.62. The maximum atomic E-state index is 11.9. The predicted molar refractivity (Wildman–Crippen MR) is 76.9 cm³/mol. The van der Waals surface area contributed by atoms with E-state index in [1.54, 1.807) is 18.0 Å². The lowest BCUT2D eigenvalue weighted by Crippen LogP contribution is -2.30. The smallest absolute Gasteiger partial charge is 0.328 e. The fourth-order valence-corrected chi connectivity index (χ4v) is 2.42. The lowest BCUT2D eigenvalue weighted by atomic mass is 10.1. The SMILES string of the molecule is CCC(C)C(=O)N(C)Cc1csc(C=CC(=O)O)c1. The second-order valence-electron chi connectivity index (χ2n) is 4.53. The van der Waals surface area contributed by atoms with Crippen molar-refractivity contribution in [3.05, 3.63) is 28.0 Å². The van der Waals surface area contributed by atoms with Crippen LogP contribution in [0.1, 0.15) is 30.7 Å². The molecule has 0 fully saturated rings. The Morgan fingerprint density at radius 2 is 2.21 bits per heavy atom. The minimum Gasteiger partial charge on any atom is -0.478 e. The van der Waals surface area contributed by atoms with Gasteiger partial charge in [0.1, 0.15) is 0 Å². The highest BCUT2D eigenvalue weighted by Crippen LogP contribution is 2.18. The molecule has 0 aliphatic heterocycles. The Balaban J connectivity index is 2.63. The Morgan fingerprint density at radius 3 is 2.79 bits per heavy atom. The zero-order valence-electron chi connectivity index (χ0n) is 11.4. The van der Waals surface area contributed by atoms with Crippen LogP contribution in [0.15, 0.2) is 17.5 Å². The van der Waals surface area contributed by atoms with Crippen molar-refractivity contribution in [1.29, 1.82) is 0 Å². The molecule has 0 aliphatic rings. The number of carboxylic acids is 1. The van der Waals surface area contributed by atoms with Gasteiger partial charge in [-0.05, 0) is 29.5 Å². The van der Waals surface area contributed by atoms with E-state index in [1.807, 2.05) is 25.3 Å². The summed E-state index contributed by atoms with van der Waals surface area (Å²) in [6, 6.07) is 1.91. The first kappa shape index (κ1) is 15.4. The van der Waals surface area contributed by atoms with Crippen LogP contribution in [-0.2, 0) is 16.1 Å². The molecule has 4 nitrogen and oxygen atoms in total. The Hall–Kier alpha value is -1.62. The highest BCUT2D eigenvalue weighted by molar-refractivity contribution is 7.11. The van der Waals surface area contributed by atoms with E-state index in [-0.39, 0.29) is 11.8 Å². The van der Waals surface area contributed by atoms with Gasteiger partial charge in [-0.25, -0.2) is 4.79 Å². The summed E-state index contributed by atoms with van der Waals surface area (Å²) in [6.07, 6.45) is 3.51. The van der Waals surface area contributed by atoms with Crippen LogP contribution in [0.25, 0.3) is 6.08 Å². The molecule has 1 atom stereocenters. The van der Waals surface area contributed by atoms with Gasteiger partial charge in [-0.2, -0.15) is 0 Å². The molecule has 1 aromatic rings. The number of rotatable bonds is 6. The number of carbonyl (C=O) groups is 2. The van der Waals surface area contributed by atoms with Gasteiger partial charge in [0.05, 0.1) is 0 Å². The number of aliphatic carboxylic acids is 1. The van der Waals surface area contributed by atoms with Crippen molar-refractivity contribution in [2.75, 3.05) is 7.05 Å². The van der Waals surface area contributed by atoms with E-state index in [4.69, 9.17) is 5.11 Å². The highest BCUT2D eigenvalue weighted by atomic mass is 32.1. The summed E-state index contributed by atoms with van der Waals surface area (Å²) in [4.78, 5) is 24.9. The van der Waals surface area contributed by atoms with E-state index in [2.05, 4.69) is 0 Å². The second kappa shape index (κ2) is 7.09. The lowest BCUT2D eigenvalue weighted by molar-refractivity contribution is -0.134. The van der Waals surface area contributed by atoms with Crippen molar-refractivity contribution < 1.29 is 14.7 Å². The summed E-state index contributed by atoms with van der Waals surface area (Å²) in [6.45, 7) is 4.48. The zero-order valence-corrected chi connectivity index (χ0v) is 12.2. The van der Waals surface area contributed by atoms with Crippen LogP contribution in [0.5, 0.6) is 0 Å². The average Bonchev–Trinajstić information content (AvgIpc) is 2.82. The molecule has 0 bridgehead atoms. The van der Waals surface area contributed by atoms with Crippen molar-refractivity contribution in [3.63, 3.8) is 0 Å². The van der Waals surface area contributed by atoms with Gasteiger partial charge in [-0.3, -0.25) is 4.79 Å². The standard InChI is InChI=1S/C14H19NO3S/c1-4-10(2)14(18)15(3)8-11-7-12(19-9-11)5-6-13(16)17/h5-7,9-10H,4,8H2,1-3H3,(H,16,17). The normalized spacial score (nSPS) is 12.6. The van der Waals surface area contributed by atoms with Crippen LogP contribution in [0.4, 0.5) is 0 Å². The number of carbonyl (C=O) groups excluding carboxylic acids is 1. The Morgan fingerprint density at radius 1 is 1.53 bits per heavy atom. The average molecular weight is 281 g/mol. The molecule has 0 aliphatic carbocycles. The van der Waals surface area contributed by atoms with Crippen LogP contribution in [0.2, 0.25) is 0 Å². The van der Waals surface area contributed by atoms with Gasteiger partial charge < -0.3 is 10.0 Å². The number of carboxylic acid groups (broad SMARTS) is 1. The molecule has 1 rings (SSSR count). The van der Waals surface area contributed by atoms with Gasteiger partial charge in [0, 0.05) is 30.5 Å². The maximum absolute atomic E-state index is 11.9. The molecular weight excluding hydrogens is 262 g/mol. The molecule has 1 unspecified atom stereocenters. The van der Waals surface area contributed by atoms with Gasteiger partial charge in [0.15, 0.2) is 0 Å². The first-order valence-electron chi connectivity index (χ1n) is 6.17. The van der Waals surface area contributed by atoms with Crippen LogP contribution in [-0.4, -0.2) is 28.9 Å². The summed E-state index contributed by atoms with van der Waals surface area (Å²) in [5.41, 5.74) is 1.02. The number of hydrogen-bond donors (Lipinski definition) is 1. The minimum atomic E-state index is -0.959. The van der Waals surface area contributed by atoms with E-state index >= 15 is 0 Å². The monoisotopic (exact) mass is 281 g/mol. The largest absolute Gasteiger partial charge is 0.478 e. The minimum absolute atomic E-state index is 0.0370. The number of hydrogen-bond acceptors (Lipinski definition) is 3. The van der Waals surface area contributed by atoms with E-state index in [0.29, 0.717) is 6.54 Å². The van der Waals surface area contributed by atoms with Crippen LogP contribution >= 0.6 is 11.3 Å². The quantitative estimate of drug-likeness (QED) is 0.816. The summed E-state index contributed by atoms with van der Waals surface area (Å²) < 4.78 is 0. The molecule has 0 spiro atoms. The predicted octanol–water partition coefficient (Wildman–Crippen LogP) is 2.85. The molecule has 1 N–H and O–H groups in total. The lowest BCUT2D eigenvalue weighted by Gasteiger charge is -2.20. The number of amides is 1. The highest BCUT2D eigenvalue weighted by Gasteiger charge is 2.15. The third-order valence-electron chi connectivity index (χ3n) is 2.89. The molecular formula is C14H19NO3S. The van der Waals surface area contributed by atoms with Gasteiger partial charge in [0.2, 0.25) is 5.91 Å². The Kier molecular flexibility index (Phi) is 5.76. The van der Waals surface area contributed by atoms with Gasteiger partial charge in [-0.1, -0.05) is 13.8 Å². The van der Waals surface area contributed by atoms with Gasteiger partial charge in [-0.15, -0.1) is 11.3 Å². The van der Waals surface area contributed by atoms with Gasteiger partial charge >= 0.3 is 5.97 Å². The third kappa shape index (κ3) is 4.87. The van der Waals surface area contributed by atoms with Crippen molar-refractivity contribution in [3.8, 4) is 0 Å². The first-order valence-corrected chi connectivity index (χ1v) is 7.05. The Labute approximate surface area is 117 Å². The molecule has 0 saturated heterocycles. The molecule has 1 heterocycles. The first-order chi connectivity index (χ1) is 8.93. The van der Waals surface area contributed by atoms with Crippen molar-refractivity contribution in [2.24, 2.45) is 5.92 Å². The molecule has 1 aromatic heterocycles. The van der Waals surface area contributed by atoms with Crippen LogP contribution in [0.3, 0.4) is 0 Å². The topological polar surface area (TPSA) is 57.6 Å². The fraction of sp³-hybridized carbons (Fsp3) is 0.429. The van der Waals surface area contributed by atoms with Crippen molar-refractivity contribution in [1.82, 2.24) is 4.90 Å². The van der Waals surface area contributed by atoms with Crippen molar-refractivity contribution in [2.45, 2.75) is 26.8 Å². The number of nitrogens with zero attached hydrogens (tertiary/aromatic N) is 1.